The van der Waals surface area contributed by atoms with Gasteiger partial charge >= 0.3 is 5.97 Å². The zero-order chi connectivity index (χ0) is 13.5. The average molecular weight is 292 g/mol. The van der Waals surface area contributed by atoms with Gasteiger partial charge in [0.05, 0.1) is 13.7 Å². The average Bonchev–Trinajstić information content (AvgIpc) is 2.32. The molecule has 0 saturated heterocycles. The molecule has 0 saturated carbocycles. The Morgan fingerprint density at radius 2 is 1.89 bits per heavy atom. The number of esters is 1. The van der Waals surface area contributed by atoms with Crippen LogP contribution in [0.2, 0.25) is 10.0 Å². The Bertz CT molecular complexity index is 392. The molecule has 0 aromatic heterocycles. The van der Waals surface area contributed by atoms with Crippen LogP contribution in [0.4, 0.5) is 0 Å². The molecule has 0 radical (unpaired) electrons. The molecule has 1 aromatic rings. The van der Waals surface area contributed by atoms with Gasteiger partial charge in [-0.15, -0.1) is 0 Å². The van der Waals surface area contributed by atoms with Crippen LogP contribution in [-0.4, -0.2) is 33.3 Å². The van der Waals surface area contributed by atoms with Crippen LogP contribution in [0, 0.1) is 0 Å². The Kier molecular flexibility index (Phi) is 6.43. The van der Waals surface area contributed by atoms with Gasteiger partial charge in [0.1, 0.15) is 6.04 Å². The van der Waals surface area contributed by atoms with Crippen molar-refractivity contribution in [2.24, 2.45) is 0 Å². The van der Waals surface area contributed by atoms with E-state index in [-0.39, 0.29) is 0 Å². The minimum Gasteiger partial charge on any atom is -0.468 e. The number of rotatable bonds is 6. The van der Waals surface area contributed by atoms with Crippen LogP contribution in [0.15, 0.2) is 18.2 Å². The third-order valence-corrected chi connectivity index (χ3v) is 2.75. The Labute approximate surface area is 116 Å². The van der Waals surface area contributed by atoms with Gasteiger partial charge in [0, 0.05) is 23.7 Å². The van der Waals surface area contributed by atoms with Gasteiger partial charge in [-0.1, -0.05) is 23.2 Å². The summed E-state index contributed by atoms with van der Waals surface area (Å²) in [6.07, 6.45) is 0. The molecule has 4 nitrogen and oxygen atoms in total. The molecule has 6 heteroatoms. The number of nitrogens with one attached hydrogen (secondary N) is 1. The molecule has 0 aliphatic rings. The normalized spacial score (nSPS) is 12.2. The highest BCUT2D eigenvalue weighted by Gasteiger charge is 2.21. The molecular weight excluding hydrogens is 277 g/mol. The number of carbonyl (C=O) groups excluding carboxylic acids is 1. The van der Waals surface area contributed by atoms with E-state index in [4.69, 9.17) is 32.7 Å². The van der Waals surface area contributed by atoms with Crippen molar-refractivity contribution in [3.05, 3.63) is 33.8 Å². The molecule has 1 atom stereocenters. The van der Waals surface area contributed by atoms with Gasteiger partial charge in [0.2, 0.25) is 0 Å². The van der Waals surface area contributed by atoms with Gasteiger partial charge in [-0.2, -0.15) is 0 Å². The first kappa shape index (κ1) is 15.2. The standard InChI is InChI=1S/C12H15Cl2NO3/c1-17-4-3-15-11(12(16)18-2)8-5-9(13)7-10(14)6-8/h5-7,11,15H,3-4H2,1-2H3. The van der Waals surface area contributed by atoms with Crippen molar-refractivity contribution in [1.82, 2.24) is 5.32 Å². The zero-order valence-electron chi connectivity index (χ0n) is 10.2. The highest BCUT2D eigenvalue weighted by molar-refractivity contribution is 6.34. The van der Waals surface area contributed by atoms with E-state index in [1.54, 1.807) is 25.3 Å². The quantitative estimate of drug-likeness (QED) is 0.646. The molecule has 0 fully saturated rings. The molecule has 0 amide bonds. The number of ether oxygens (including phenoxy) is 2. The van der Waals surface area contributed by atoms with Crippen LogP contribution >= 0.6 is 23.2 Å². The topological polar surface area (TPSA) is 47.6 Å². The number of hydrogen-bond acceptors (Lipinski definition) is 4. The highest BCUT2D eigenvalue weighted by Crippen LogP contribution is 2.24. The molecule has 0 spiro atoms. The number of halogens is 2. The molecule has 18 heavy (non-hydrogen) atoms. The lowest BCUT2D eigenvalue weighted by Gasteiger charge is -2.17. The van der Waals surface area contributed by atoms with Crippen LogP contribution in [0.3, 0.4) is 0 Å². The van der Waals surface area contributed by atoms with E-state index in [0.717, 1.165) is 0 Å². The molecule has 100 valence electrons. The Balaban J connectivity index is 2.90. The lowest BCUT2D eigenvalue weighted by molar-refractivity contribution is -0.143. The third kappa shape index (κ3) is 4.46. The summed E-state index contributed by atoms with van der Waals surface area (Å²) in [5, 5.41) is 3.97. The summed E-state index contributed by atoms with van der Waals surface area (Å²) in [6, 6.07) is 4.35. The first-order valence-electron chi connectivity index (χ1n) is 5.34. The van der Waals surface area contributed by atoms with Gasteiger partial charge in [-0.25, -0.2) is 4.79 Å². The fraction of sp³-hybridized carbons (Fsp3) is 0.417. The van der Waals surface area contributed by atoms with Crippen molar-refractivity contribution in [3.63, 3.8) is 0 Å². The van der Waals surface area contributed by atoms with Crippen molar-refractivity contribution >= 4 is 29.2 Å². The van der Waals surface area contributed by atoms with Crippen molar-refractivity contribution in [3.8, 4) is 0 Å². The van der Waals surface area contributed by atoms with Gasteiger partial charge in [-0.05, 0) is 23.8 Å². The monoisotopic (exact) mass is 291 g/mol. The second-order valence-corrected chi connectivity index (χ2v) is 4.48. The van der Waals surface area contributed by atoms with E-state index < -0.39 is 12.0 Å². The summed E-state index contributed by atoms with van der Waals surface area (Å²) in [7, 11) is 2.92. The van der Waals surface area contributed by atoms with Crippen molar-refractivity contribution in [2.75, 3.05) is 27.4 Å². The van der Waals surface area contributed by atoms with Crippen LogP contribution in [0.25, 0.3) is 0 Å². The lowest BCUT2D eigenvalue weighted by atomic mass is 10.1. The smallest absolute Gasteiger partial charge is 0.327 e. The predicted molar refractivity (Wildman–Crippen MR) is 71.1 cm³/mol. The Hall–Kier alpha value is -0.810. The number of methoxy groups -OCH3 is 2. The summed E-state index contributed by atoms with van der Waals surface area (Å²) >= 11 is 11.8. The molecule has 0 aliphatic heterocycles. The summed E-state index contributed by atoms with van der Waals surface area (Å²) in [4.78, 5) is 11.7. The third-order valence-electron chi connectivity index (χ3n) is 2.31. The largest absolute Gasteiger partial charge is 0.468 e. The molecule has 1 unspecified atom stereocenters. The van der Waals surface area contributed by atoms with Crippen LogP contribution in [0.5, 0.6) is 0 Å². The van der Waals surface area contributed by atoms with Crippen molar-refractivity contribution in [1.29, 1.82) is 0 Å². The Morgan fingerprint density at radius 1 is 1.28 bits per heavy atom. The molecule has 0 bridgehead atoms. The van der Waals surface area contributed by atoms with Gasteiger partial charge in [0.25, 0.3) is 0 Å². The van der Waals surface area contributed by atoms with E-state index >= 15 is 0 Å². The maximum atomic E-state index is 11.7. The van der Waals surface area contributed by atoms with Gasteiger partial charge in [-0.3, -0.25) is 5.32 Å². The van der Waals surface area contributed by atoms with Crippen LogP contribution < -0.4 is 5.32 Å². The van der Waals surface area contributed by atoms with E-state index in [1.807, 2.05) is 0 Å². The minimum atomic E-state index is -0.610. The highest BCUT2D eigenvalue weighted by atomic mass is 35.5. The van der Waals surface area contributed by atoms with E-state index in [0.29, 0.717) is 28.8 Å². The molecule has 0 aliphatic carbocycles. The van der Waals surface area contributed by atoms with Crippen molar-refractivity contribution < 1.29 is 14.3 Å². The molecular formula is C12H15Cl2NO3. The van der Waals surface area contributed by atoms with E-state index in [9.17, 15) is 4.79 Å². The Morgan fingerprint density at radius 3 is 2.39 bits per heavy atom. The summed E-state index contributed by atoms with van der Waals surface area (Å²) in [5.41, 5.74) is 0.662. The second kappa shape index (κ2) is 7.59. The molecule has 1 N–H and O–H groups in total. The maximum absolute atomic E-state index is 11.7. The summed E-state index contributed by atoms with van der Waals surface area (Å²) < 4.78 is 9.67. The summed E-state index contributed by atoms with van der Waals surface area (Å²) in [5.74, 6) is -0.399. The van der Waals surface area contributed by atoms with Crippen LogP contribution in [0.1, 0.15) is 11.6 Å². The van der Waals surface area contributed by atoms with E-state index in [1.165, 1.54) is 7.11 Å². The predicted octanol–water partition coefficient (Wildman–Crippen LogP) is 2.44. The molecule has 1 aromatic carbocycles. The summed E-state index contributed by atoms with van der Waals surface area (Å²) in [6.45, 7) is 1.00. The minimum absolute atomic E-state index is 0.399. The second-order valence-electron chi connectivity index (χ2n) is 3.61. The number of carbonyl (C=O) groups is 1. The first-order valence-corrected chi connectivity index (χ1v) is 6.10. The van der Waals surface area contributed by atoms with Gasteiger partial charge in [0.15, 0.2) is 0 Å². The fourth-order valence-corrected chi connectivity index (χ4v) is 2.05. The fourth-order valence-electron chi connectivity index (χ4n) is 1.50. The SMILES string of the molecule is COCCNC(C(=O)OC)c1cc(Cl)cc(Cl)c1. The van der Waals surface area contributed by atoms with E-state index in [2.05, 4.69) is 5.32 Å². The molecule has 1 rings (SSSR count). The lowest BCUT2D eigenvalue weighted by Crippen LogP contribution is -2.32. The maximum Gasteiger partial charge on any atom is 0.327 e. The molecule has 0 heterocycles. The first-order chi connectivity index (χ1) is 8.58. The van der Waals surface area contributed by atoms with Crippen LogP contribution in [-0.2, 0) is 14.3 Å². The van der Waals surface area contributed by atoms with Gasteiger partial charge < -0.3 is 9.47 Å². The van der Waals surface area contributed by atoms with Crippen molar-refractivity contribution in [2.45, 2.75) is 6.04 Å². The number of hydrogen-bond donors (Lipinski definition) is 1. The zero-order valence-corrected chi connectivity index (χ0v) is 11.7. The number of benzene rings is 1.